The molecule has 2 heteroatoms. The lowest BCUT2D eigenvalue weighted by Crippen LogP contribution is -1.80. The number of aromatic nitrogens is 1. The van der Waals surface area contributed by atoms with Gasteiger partial charge >= 0.3 is 0 Å². The summed E-state index contributed by atoms with van der Waals surface area (Å²) in [6, 6.07) is 4.07. The Morgan fingerprint density at radius 3 is 1.83 bits per heavy atom. The smallest absolute Gasteiger partial charge is 0.112 e. The van der Waals surface area contributed by atoms with Gasteiger partial charge in [0, 0.05) is 0 Å². The van der Waals surface area contributed by atoms with E-state index < -0.39 is 0 Å². The predicted molar refractivity (Wildman–Crippen MR) is 29.8 cm³/mol. The standard InChI is InChI=1S/C4H7NSi/c6-5-3-1-2-4-5/h1-4H,6H3. The predicted octanol–water partition coefficient (Wildman–Crippen LogP) is -0.383. The van der Waals surface area contributed by atoms with E-state index in [2.05, 4.69) is 16.6 Å². The highest BCUT2D eigenvalue weighted by atomic mass is 28.2. The topological polar surface area (TPSA) is 4.93 Å². The molecule has 0 aliphatic heterocycles. The van der Waals surface area contributed by atoms with Crippen LogP contribution in [0.3, 0.4) is 0 Å². The summed E-state index contributed by atoms with van der Waals surface area (Å²) < 4.78 is 2.14. The van der Waals surface area contributed by atoms with Gasteiger partial charge in [0.2, 0.25) is 0 Å². The van der Waals surface area contributed by atoms with Crippen LogP contribution in [-0.4, -0.2) is 14.6 Å². The minimum Gasteiger partial charge on any atom is -0.390 e. The van der Waals surface area contributed by atoms with E-state index in [9.17, 15) is 0 Å². The second kappa shape index (κ2) is 1.30. The summed E-state index contributed by atoms with van der Waals surface area (Å²) in [5.74, 6) is 0. The average Bonchev–Trinajstić information content (AvgIpc) is 1.86. The molecule has 1 nitrogen and oxygen atoms in total. The average molecular weight is 97.2 g/mol. The van der Waals surface area contributed by atoms with Gasteiger partial charge in [0.15, 0.2) is 0 Å². The maximum Gasteiger partial charge on any atom is 0.112 e. The Morgan fingerprint density at radius 2 is 1.67 bits per heavy atom. The normalized spacial score (nSPS) is 9.33. The van der Waals surface area contributed by atoms with Crippen molar-refractivity contribution in [2.45, 2.75) is 0 Å². The van der Waals surface area contributed by atoms with Gasteiger partial charge in [-0.3, -0.25) is 0 Å². The molecule has 0 aromatic carbocycles. The van der Waals surface area contributed by atoms with Crippen LogP contribution in [0.25, 0.3) is 0 Å². The summed E-state index contributed by atoms with van der Waals surface area (Å²) in [4.78, 5) is 0. The molecular weight excluding hydrogens is 90.1 g/mol. The fourth-order valence-electron chi connectivity index (χ4n) is 0.421. The van der Waals surface area contributed by atoms with Gasteiger partial charge in [-0.25, -0.2) is 0 Å². The summed E-state index contributed by atoms with van der Waals surface area (Å²) in [6.07, 6.45) is 4.12. The van der Waals surface area contributed by atoms with Gasteiger partial charge < -0.3 is 4.23 Å². The van der Waals surface area contributed by atoms with Gasteiger partial charge in [-0.15, -0.1) is 0 Å². The molecule has 0 atom stereocenters. The Hall–Kier alpha value is -0.503. The van der Waals surface area contributed by atoms with Crippen LogP contribution in [0.1, 0.15) is 0 Å². The summed E-state index contributed by atoms with van der Waals surface area (Å²) in [6.45, 7) is 0. The third-order valence-electron chi connectivity index (χ3n) is 0.754. The van der Waals surface area contributed by atoms with Crippen molar-refractivity contribution in [2.24, 2.45) is 0 Å². The monoisotopic (exact) mass is 97.0 g/mol. The maximum absolute atomic E-state index is 2.14. The molecule has 0 spiro atoms. The van der Waals surface area contributed by atoms with Crippen LogP contribution < -0.4 is 0 Å². The second-order valence-electron chi connectivity index (χ2n) is 1.35. The second-order valence-corrected chi connectivity index (χ2v) is 2.38. The molecule has 0 N–H and O–H groups in total. The number of rotatable bonds is 0. The third kappa shape index (κ3) is 0.516. The molecule has 0 radical (unpaired) electrons. The minimum absolute atomic E-state index is 1.11. The van der Waals surface area contributed by atoms with E-state index in [1.807, 2.05) is 12.1 Å². The molecule has 1 heterocycles. The first kappa shape index (κ1) is 3.68. The van der Waals surface area contributed by atoms with Crippen molar-refractivity contribution in [3.05, 3.63) is 24.5 Å². The molecule has 0 saturated heterocycles. The summed E-state index contributed by atoms with van der Waals surface area (Å²) in [7, 11) is 1.11. The zero-order valence-corrected chi connectivity index (χ0v) is 5.76. The van der Waals surface area contributed by atoms with Crippen molar-refractivity contribution in [3.63, 3.8) is 0 Å². The highest BCUT2D eigenvalue weighted by molar-refractivity contribution is 6.06. The molecule has 0 saturated carbocycles. The summed E-state index contributed by atoms with van der Waals surface area (Å²) >= 11 is 0. The molecule has 1 rings (SSSR count). The molecule has 1 aromatic heterocycles. The van der Waals surface area contributed by atoms with E-state index in [-0.39, 0.29) is 0 Å². The fraction of sp³-hybridized carbons (Fsp3) is 0. The van der Waals surface area contributed by atoms with Crippen molar-refractivity contribution in [3.8, 4) is 0 Å². The summed E-state index contributed by atoms with van der Waals surface area (Å²) in [5.41, 5.74) is 0. The SMILES string of the molecule is [SiH3]n1cccc1. The minimum atomic E-state index is 1.11. The quantitative estimate of drug-likeness (QED) is 0.389. The van der Waals surface area contributed by atoms with Crippen molar-refractivity contribution in [1.29, 1.82) is 0 Å². The molecule has 6 heavy (non-hydrogen) atoms. The first-order valence-corrected chi connectivity index (χ1v) is 2.86. The van der Waals surface area contributed by atoms with E-state index in [1.54, 1.807) is 0 Å². The molecule has 32 valence electrons. The van der Waals surface area contributed by atoms with Crippen LogP contribution in [-0.2, 0) is 0 Å². The van der Waals surface area contributed by atoms with Gasteiger partial charge in [-0.1, -0.05) is 0 Å². The first-order valence-electron chi connectivity index (χ1n) is 1.96. The van der Waals surface area contributed by atoms with Crippen LogP contribution in [0.4, 0.5) is 0 Å². The molecule has 0 fully saturated rings. The van der Waals surface area contributed by atoms with Gasteiger partial charge in [-0.2, -0.15) is 0 Å². The highest BCUT2D eigenvalue weighted by Crippen LogP contribution is 1.79. The zero-order chi connectivity index (χ0) is 4.41. The van der Waals surface area contributed by atoms with E-state index in [0.717, 1.165) is 10.4 Å². The lowest BCUT2D eigenvalue weighted by molar-refractivity contribution is 1.26. The maximum atomic E-state index is 2.14. The Bertz CT molecular complexity index is 111. The van der Waals surface area contributed by atoms with Crippen molar-refractivity contribution in [1.82, 2.24) is 4.23 Å². The Morgan fingerprint density at radius 1 is 1.17 bits per heavy atom. The van der Waals surface area contributed by atoms with Crippen molar-refractivity contribution >= 4 is 10.4 Å². The number of nitrogens with zero attached hydrogens (tertiary/aromatic N) is 1. The van der Waals surface area contributed by atoms with Gasteiger partial charge in [-0.05, 0) is 24.5 Å². The van der Waals surface area contributed by atoms with Gasteiger partial charge in [0.1, 0.15) is 10.4 Å². The zero-order valence-electron chi connectivity index (χ0n) is 3.76. The molecule has 0 unspecified atom stereocenters. The van der Waals surface area contributed by atoms with Crippen LogP contribution in [0.15, 0.2) is 24.5 Å². The number of hydrogen-bond donors (Lipinski definition) is 0. The van der Waals surface area contributed by atoms with Crippen LogP contribution >= 0.6 is 0 Å². The highest BCUT2D eigenvalue weighted by Gasteiger charge is 1.68. The Labute approximate surface area is 40.1 Å². The first-order chi connectivity index (χ1) is 2.89. The van der Waals surface area contributed by atoms with Crippen LogP contribution in [0.5, 0.6) is 0 Å². The van der Waals surface area contributed by atoms with Gasteiger partial charge in [0.25, 0.3) is 0 Å². The molecule has 0 amide bonds. The van der Waals surface area contributed by atoms with Crippen LogP contribution in [0, 0.1) is 0 Å². The van der Waals surface area contributed by atoms with E-state index in [4.69, 9.17) is 0 Å². The third-order valence-corrected chi connectivity index (χ3v) is 1.35. The molecule has 0 bridgehead atoms. The van der Waals surface area contributed by atoms with Gasteiger partial charge in [0.05, 0.1) is 0 Å². The van der Waals surface area contributed by atoms with E-state index in [1.165, 1.54) is 0 Å². The lowest BCUT2D eigenvalue weighted by Gasteiger charge is -1.79. The lowest BCUT2D eigenvalue weighted by atomic mass is 10.7. The molecule has 0 aliphatic rings. The Kier molecular flexibility index (Phi) is 0.799. The number of hydrogen-bond acceptors (Lipinski definition) is 0. The molecule has 0 aliphatic carbocycles. The largest absolute Gasteiger partial charge is 0.390 e. The van der Waals surface area contributed by atoms with Crippen molar-refractivity contribution < 1.29 is 0 Å². The van der Waals surface area contributed by atoms with E-state index >= 15 is 0 Å². The fourth-order valence-corrected chi connectivity index (χ4v) is 0.765. The van der Waals surface area contributed by atoms with Crippen molar-refractivity contribution in [2.75, 3.05) is 0 Å². The summed E-state index contributed by atoms with van der Waals surface area (Å²) in [5, 5.41) is 0. The molecular formula is C4H7NSi. The van der Waals surface area contributed by atoms with E-state index in [0.29, 0.717) is 0 Å². The molecule has 1 aromatic rings. The Balaban J connectivity index is 3.05. The van der Waals surface area contributed by atoms with Crippen LogP contribution in [0.2, 0.25) is 0 Å².